The summed E-state index contributed by atoms with van der Waals surface area (Å²) in [5.74, 6) is 2.80. The molecule has 0 spiro atoms. The number of alkyl halides is 1. The van der Waals surface area contributed by atoms with Crippen molar-refractivity contribution in [3.63, 3.8) is 0 Å². The zero-order valence-electron chi connectivity index (χ0n) is 8.77. The van der Waals surface area contributed by atoms with E-state index >= 15 is 0 Å². The molecule has 0 bridgehead atoms. The summed E-state index contributed by atoms with van der Waals surface area (Å²) in [4.78, 5) is 4.34. The van der Waals surface area contributed by atoms with Gasteiger partial charge in [-0.05, 0) is 49.1 Å². The van der Waals surface area contributed by atoms with Gasteiger partial charge in [0.1, 0.15) is 0 Å². The first-order valence-electron chi connectivity index (χ1n) is 5.87. The lowest BCUT2D eigenvalue weighted by atomic mass is 9.96. The van der Waals surface area contributed by atoms with Gasteiger partial charge in [-0.25, -0.2) is 0 Å². The van der Waals surface area contributed by atoms with E-state index in [4.69, 9.17) is 11.6 Å². The van der Waals surface area contributed by atoms with E-state index in [0.29, 0.717) is 5.38 Å². The summed E-state index contributed by atoms with van der Waals surface area (Å²) >= 11 is 6.47. The molecule has 15 heavy (non-hydrogen) atoms. The Balaban J connectivity index is 1.59. The van der Waals surface area contributed by atoms with Gasteiger partial charge in [0.05, 0.1) is 0 Å². The number of hydrogen-bond acceptors (Lipinski definition) is 1. The summed E-state index contributed by atoms with van der Waals surface area (Å²) < 4.78 is 0. The topological polar surface area (TPSA) is 12.9 Å². The van der Waals surface area contributed by atoms with Crippen LogP contribution in [0.2, 0.25) is 0 Å². The molecule has 3 rings (SSSR count). The zero-order valence-corrected chi connectivity index (χ0v) is 9.53. The molecular formula is C13H16ClN. The molecular weight excluding hydrogens is 206 g/mol. The van der Waals surface area contributed by atoms with Crippen molar-refractivity contribution in [1.29, 1.82) is 0 Å². The van der Waals surface area contributed by atoms with E-state index in [1.807, 2.05) is 18.3 Å². The number of fused-ring (bicyclic) bond motifs is 1. The Bertz CT molecular complexity index is 328. The standard InChI is InChI=1S/C13H16ClN/c14-13(8-12-3-1-2-4-15-12)11-6-9-5-10(9)7-11/h1-4,9-11,13H,5-8H2. The number of aromatic nitrogens is 1. The summed E-state index contributed by atoms with van der Waals surface area (Å²) in [6.45, 7) is 0. The van der Waals surface area contributed by atoms with Crippen LogP contribution in [-0.2, 0) is 6.42 Å². The van der Waals surface area contributed by atoms with Crippen molar-refractivity contribution in [3.8, 4) is 0 Å². The summed E-state index contributed by atoms with van der Waals surface area (Å²) in [5, 5.41) is 0.299. The van der Waals surface area contributed by atoms with Crippen LogP contribution in [0.25, 0.3) is 0 Å². The van der Waals surface area contributed by atoms with Gasteiger partial charge >= 0.3 is 0 Å². The first-order valence-corrected chi connectivity index (χ1v) is 6.30. The molecule has 0 N–H and O–H groups in total. The highest BCUT2D eigenvalue weighted by molar-refractivity contribution is 6.20. The third-order valence-corrected chi connectivity index (χ3v) is 4.43. The Hall–Kier alpha value is -0.560. The van der Waals surface area contributed by atoms with E-state index < -0.39 is 0 Å². The van der Waals surface area contributed by atoms with Crippen LogP contribution in [-0.4, -0.2) is 10.4 Å². The minimum Gasteiger partial charge on any atom is -0.261 e. The average Bonchev–Trinajstić information content (AvgIpc) is 2.87. The van der Waals surface area contributed by atoms with E-state index in [2.05, 4.69) is 11.1 Å². The second-order valence-corrected chi connectivity index (χ2v) is 5.59. The number of pyridine rings is 1. The zero-order chi connectivity index (χ0) is 10.3. The van der Waals surface area contributed by atoms with Gasteiger partial charge in [0.15, 0.2) is 0 Å². The molecule has 3 atom stereocenters. The van der Waals surface area contributed by atoms with Gasteiger partial charge in [0, 0.05) is 23.7 Å². The molecule has 0 saturated heterocycles. The maximum absolute atomic E-state index is 6.47. The van der Waals surface area contributed by atoms with Crippen LogP contribution in [0.5, 0.6) is 0 Å². The van der Waals surface area contributed by atoms with Gasteiger partial charge < -0.3 is 0 Å². The molecule has 3 unspecified atom stereocenters. The van der Waals surface area contributed by atoms with Crippen LogP contribution in [0.15, 0.2) is 24.4 Å². The quantitative estimate of drug-likeness (QED) is 0.714. The molecule has 1 nitrogen and oxygen atoms in total. The Morgan fingerprint density at radius 1 is 1.27 bits per heavy atom. The lowest BCUT2D eigenvalue weighted by Gasteiger charge is -2.17. The van der Waals surface area contributed by atoms with Gasteiger partial charge in [-0.2, -0.15) is 0 Å². The van der Waals surface area contributed by atoms with Gasteiger partial charge in [0.2, 0.25) is 0 Å². The first-order chi connectivity index (χ1) is 7.33. The van der Waals surface area contributed by atoms with Crippen LogP contribution < -0.4 is 0 Å². The van der Waals surface area contributed by atoms with Crippen molar-refractivity contribution >= 4 is 11.6 Å². The number of hydrogen-bond donors (Lipinski definition) is 0. The predicted octanol–water partition coefficient (Wildman–Crippen LogP) is 3.28. The molecule has 2 fully saturated rings. The maximum atomic E-state index is 6.47. The Kier molecular flexibility index (Phi) is 2.44. The molecule has 2 aliphatic carbocycles. The van der Waals surface area contributed by atoms with Crippen molar-refractivity contribution in [2.45, 2.75) is 31.1 Å². The van der Waals surface area contributed by atoms with Crippen LogP contribution in [0, 0.1) is 17.8 Å². The second kappa shape index (κ2) is 3.79. The fraction of sp³-hybridized carbons (Fsp3) is 0.615. The number of rotatable bonds is 3. The predicted molar refractivity (Wildman–Crippen MR) is 61.9 cm³/mol. The highest BCUT2D eigenvalue weighted by Crippen LogP contribution is 2.55. The van der Waals surface area contributed by atoms with Gasteiger partial charge in [-0.15, -0.1) is 11.6 Å². The van der Waals surface area contributed by atoms with Crippen LogP contribution in [0.4, 0.5) is 0 Å². The number of halogens is 1. The van der Waals surface area contributed by atoms with Gasteiger partial charge in [-0.1, -0.05) is 6.07 Å². The Morgan fingerprint density at radius 3 is 2.73 bits per heavy atom. The Labute approximate surface area is 95.9 Å². The Morgan fingerprint density at radius 2 is 2.07 bits per heavy atom. The largest absolute Gasteiger partial charge is 0.261 e. The van der Waals surface area contributed by atoms with Crippen LogP contribution in [0.3, 0.4) is 0 Å². The first kappa shape index (κ1) is 9.65. The fourth-order valence-electron chi connectivity index (χ4n) is 2.94. The highest BCUT2D eigenvalue weighted by Gasteiger charge is 2.47. The van der Waals surface area contributed by atoms with Gasteiger partial charge in [-0.3, -0.25) is 4.98 Å². The highest BCUT2D eigenvalue weighted by atomic mass is 35.5. The second-order valence-electron chi connectivity index (χ2n) is 5.03. The average molecular weight is 222 g/mol. The summed E-state index contributed by atoms with van der Waals surface area (Å²) in [6.07, 6.45) is 7.00. The minimum atomic E-state index is 0.299. The molecule has 80 valence electrons. The van der Waals surface area contributed by atoms with Crippen molar-refractivity contribution in [1.82, 2.24) is 4.98 Å². The van der Waals surface area contributed by atoms with Crippen molar-refractivity contribution in [2.75, 3.05) is 0 Å². The third kappa shape index (κ3) is 2.03. The SMILES string of the molecule is ClC(Cc1ccccn1)C1CC2CC2C1. The van der Waals surface area contributed by atoms with Crippen molar-refractivity contribution in [3.05, 3.63) is 30.1 Å². The molecule has 0 radical (unpaired) electrons. The van der Waals surface area contributed by atoms with E-state index in [9.17, 15) is 0 Å². The summed E-state index contributed by atoms with van der Waals surface area (Å²) in [5.41, 5.74) is 1.14. The van der Waals surface area contributed by atoms with Crippen molar-refractivity contribution < 1.29 is 0 Å². The van der Waals surface area contributed by atoms with E-state index in [1.165, 1.54) is 19.3 Å². The minimum absolute atomic E-state index is 0.299. The van der Waals surface area contributed by atoms with E-state index in [0.717, 1.165) is 29.9 Å². The molecule has 0 amide bonds. The van der Waals surface area contributed by atoms with Crippen LogP contribution in [0.1, 0.15) is 25.0 Å². The van der Waals surface area contributed by atoms with E-state index in [1.54, 1.807) is 0 Å². The summed E-state index contributed by atoms with van der Waals surface area (Å²) in [6, 6.07) is 6.07. The maximum Gasteiger partial charge on any atom is 0.0419 e. The molecule has 0 aromatic carbocycles. The molecule has 1 aromatic heterocycles. The molecule has 0 aliphatic heterocycles. The van der Waals surface area contributed by atoms with E-state index in [-0.39, 0.29) is 0 Å². The van der Waals surface area contributed by atoms with Crippen molar-refractivity contribution in [2.24, 2.45) is 17.8 Å². The number of nitrogens with zero attached hydrogens (tertiary/aromatic N) is 1. The molecule has 2 aliphatic rings. The molecule has 2 saturated carbocycles. The van der Waals surface area contributed by atoms with Gasteiger partial charge in [0.25, 0.3) is 0 Å². The smallest absolute Gasteiger partial charge is 0.0419 e. The lowest BCUT2D eigenvalue weighted by molar-refractivity contribution is 0.458. The molecule has 2 heteroatoms. The normalized spacial score (nSPS) is 34.9. The lowest BCUT2D eigenvalue weighted by Crippen LogP contribution is -2.16. The monoisotopic (exact) mass is 221 g/mol. The molecule has 1 aromatic rings. The van der Waals surface area contributed by atoms with Crippen LogP contribution >= 0.6 is 11.6 Å². The third-order valence-electron chi connectivity index (χ3n) is 3.92. The molecule has 1 heterocycles. The summed E-state index contributed by atoms with van der Waals surface area (Å²) in [7, 11) is 0. The fourth-order valence-corrected chi connectivity index (χ4v) is 3.31.